The fraction of sp³-hybridized carbons (Fsp3) is 0.364. The molecule has 1 amide bonds. The summed E-state index contributed by atoms with van der Waals surface area (Å²) < 4.78 is 5.08. The van der Waals surface area contributed by atoms with Crippen LogP contribution in [0.25, 0.3) is 0 Å². The molecule has 1 aliphatic heterocycles. The molecule has 2 aromatic carbocycles. The molecule has 148 valence electrons. The lowest BCUT2D eigenvalue weighted by Crippen LogP contribution is -2.46. The SMILES string of the molecule is CCN1CCN(c2ccc(NC(=O)COC(=O)c3ccc(C)cc3)cc2)CC1. The molecule has 3 rings (SSSR count). The molecule has 1 fully saturated rings. The number of rotatable bonds is 6. The Labute approximate surface area is 166 Å². The molecule has 0 spiro atoms. The number of benzene rings is 2. The number of carbonyl (C=O) groups is 2. The number of nitrogens with zero attached hydrogens (tertiary/aromatic N) is 2. The van der Waals surface area contributed by atoms with Crippen LogP contribution in [0.5, 0.6) is 0 Å². The van der Waals surface area contributed by atoms with Crippen LogP contribution in [0.15, 0.2) is 48.5 Å². The van der Waals surface area contributed by atoms with E-state index >= 15 is 0 Å². The fourth-order valence-electron chi connectivity index (χ4n) is 3.18. The summed E-state index contributed by atoms with van der Waals surface area (Å²) in [5.41, 5.74) is 3.34. The van der Waals surface area contributed by atoms with E-state index < -0.39 is 5.97 Å². The number of esters is 1. The van der Waals surface area contributed by atoms with E-state index in [0.29, 0.717) is 11.3 Å². The predicted molar refractivity (Wildman–Crippen MR) is 111 cm³/mol. The van der Waals surface area contributed by atoms with Gasteiger partial charge in [-0.05, 0) is 49.9 Å². The lowest BCUT2D eigenvalue weighted by Gasteiger charge is -2.35. The lowest BCUT2D eigenvalue weighted by atomic mass is 10.1. The zero-order valence-electron chi connectivity index (χ0n) is 16.5. The summed E-state index contributed by atoms with van der Waals surface area (Å²) in [5.74, 6) is -0.860. The van der Waals surface area contributed by atoms with Gasteiger partial charge in [0.15, 0.2) is 6.61 Å². The summed E-state index contributed by atoms with van der Waals surface area (Å²) in [6.07, 6.45) is 0. The third-order valence-electron chi connectivity index (χ3n) is 4.96. The number of aryl methyl sites for hydroxylation is 1. The van der Waals surface area contributed by atoms with E-state index in [-0.39, 0.29) is 12.5 Å². The molecule has 1 saturated heterocycles. The Balaban J connectivity index is 1.46. The number of amides is 1. The molecule has 1 N–H and O–H groups in total. The van der Waals surface area contributed by atoms with Crippen molar-refractivity contribution in [1.29, 1.82) is 0 Å². The normalized spacial score (nSPS) is 14.6. The maximum absolute atomic E-state index is 12.1. The summed E-state index contributed by atoms with van der Waals surface area (Å²) >= 11 is 0. The summed E-state index contributed by atoms with van der Waals surface area (Å²) in [4.78, 5) is 28.8. The number of likely N-dealkylation sites (N-methyl/N-ethyl adjacent to an activating group) is 1. The second kappa shape index (κ2) is 9.37. The highest BCUT2D eigenvalue weighted by Gasteiger charge is 2.16. The van der Waals surface area contributed by atoms with Gasteiger partial charge in [0, 0.05) is 37.6 Å². The first-order valence-corrected chi connectivity index (χ1v) is 9.66. The molecular formula is C22H27N3O3. The third-order valence-corrected chi connectivity index (χ3v) is 4.96. The van der Waals surface area contributed by atoms with E-state index in [9.17, 15) is 9.59 Å². The zero-order chi connectivity index (χ0) is 19.9. The van der Waals surface area contributed by atoms with Gasteiger partial charge in [0.2, 0.25) is 0 Å². The largest absolute Gasteiger partial charge is 0.452 e. The third kappa shape index (κ3) is 5.33. The number of hydrogen-bond acceptors (Lipinski definition) is 5. The lowest BCUT2D eigenvalue weighted by molar-refractivity contribution is -0.119. The smallest absolute Gasteiger partial charge is 0.338 e. The maximum Gasteiger partial charge on any atom is 0.338 e. The number of anilines is 2. The Bertz CT molecular complexity index is 795. The maximum atomic E-state index is 12.1. The molecule has 0 aliphatic carbocycles. The molecule has 2 aromatic rings. The summed E-state index contributed by atoms with van der Waals surface area (Å²) in [5, 5.41) is 2.76. The van der Waals surface area contributed by atoms with Crippen LogP contribution in [-0.2, 0) is 9.53 Å². The van der Waals surface area contributed by atoms with Crippen molar-refractivity contribution in [1.82, 2.24) is 4.90 Å². The van der Waals surface area contributed by atoms with Gasteiger partial charge >= 0.3 is 5.97 Å². The van der Waals surface area contributed by atoms with E-state index in [1.165, 1.54) is 0 Å². The highest BCUT2D eigenvalue weighted by atomic mass is 16.5. The minimum atomic E-state index is -0.503. The van der Waals surface area contributed by atoms with Crippen molar-refractivity contribution >= 4 is 23.3 Å². The Hall–Kier alpha value is -2.86. The van der Waals surface area contributed by atoms with Crippen LogP contribution in [0.3, 0.4) is 0 Å². The van der Waals surface area contributed by atoms with Crippen molar-refractivity contribution in [2.75, 3.05) is 49.5 Å². The number of carbonyl (C=O) groups excluding carboxylic acids is 2. The van der Waals surface area contributed by atoms with Crippen LogP contribution in [0, 0.1) is 6.92 Å². The molecule has 6 nitrogen and oxygen atoms in total. The van der Waals surface area contributed by atoms with Crippen molar-refractivity contribution in [3.63, 3.8) is 0 Å². The van der Waals surface area contributed by atoms with Gasteiger partial charge in [0.1, 0.15) is 0 Å². The summed E-state index contributed by atoms with van der Waals surface area (Å²) in [7, 11) is 0. The highest BCUT2D eigenvalue weighted by molar-refractivity contribution is 5.95. The van der Waals surface area contributed by atoms with Gasteiger partial charge in [-0.2, -0.15) is 0 Å². The van der Waals surface area contributed by atoms with Crippen LogP contribution >= 0.6 is 0 Å². The Kier molecular flexibility index (Phi) is 6.66. The number of nitrogens with one attached hydrogen (secondary N) is 1. The van der Waals surface area contributed by atoms with E-state index in [1.807, 2.05) is 43.3 Å². The minimum absolute atomic E-state index is 0.312. The minimum Gasteiger partial charge on any atom is -0.452 e. The van der Waals surface area contributed by atoms with Crippen molar-refractivity contribution in [3.8, 4) is 0 Å². The topological polar surface area (TPSA) is 61.9 Å². The summed E-state index contributed by atoms with van der Waals surface area (Å²) in [6.45, 7) is 9.07. The molecule has 1 heterocycles. The molecule has 0 saturated carbocycles. The van der Waals surface area contributed by atoms with Gasteiger partial charge in [-0.3, -0.25) is 4.79 Å². The van der Waals surface area contributed by atoms with Crippen LogP contribution < -0.4 is 10.2 Å². The van der Waals surface area contributed by atoms with Gasteiger partial charge in [0.05, 0.1) is 5.56 Å². The van der Waals surface area contributed by atoms with Crippen molar-refractivity contribution < 1.29 is 14.3 Å². The monoisotopic (exact) mass is 381 g/mol. The number of piperazine rings is 1. The number of ether oxygens (including phenoxy) is 1. The molecule has 6 heteroatoms. The van der Waals surface area contributed by atoms with Gasteiger partial charge in [-0.25, -0.2) is 4.79 Å². The van der Waals surface area contributed by atoms with Gasteiger partial charge < -0.3 is 19.9 Å². The predicted octanol–water partition coefficient (Wildman–Crippen LogP) is 2.93. The molecule has 0 unspecified atom stereocenters. The molecular weight excluding hydrogens is 354 g/mol. The second-order valence-electron chi connectivity index (χ2n) is 6.96. The van der Waals surface area contributed by atoms with Crippen molar-refractivity contribution in [2.24, 2.45) is 0 Å². The number of hydrogen-bond donors (Lipinski definition) is 1. The molecule has 1 aliphatic rings. The first-order valence-electron chi connectivity index (χ1n) is 9.66. The van der Waals surface area contributed by atoms with Crippen molar-refractivity contribution in [3.05, 3.63) is 59.7 Å². The molecule has 0 atom stereocenters. The van der Waals surface area contributed by atoms with Gasteiger partial charge in [-0.15, -0.1) is 0 Å². The Morgan fingerprint density at radius 3 is 2.21 bits per heavy atom. The zero-order valence-corrected chi connectivity index (χ0v) is 16.5. The van der Waals surface area contributed by atoms with Crippen LogP contribution in [-0.4, -0.2) is 56.1 Å². The quantitative estimate of drug-likeness (QED) is 0.780. The molecule has 0 bridgehead atoms. The summed E-state index contributed by atoms with van der Waals surface area (Å²) in [6, 6.07) is 14.8. The van der Waals surface area contributed by atoms with Crippen LogP contribution in [0.4, 0.5) is 11.4 Å². The second-order valence-corrected chi connectivity index (χ2v) is 6.96. The van der Waals surface area contributed by atoms with E-state index in [0.717, 1.165) is 44.0 Å². The standard InChI is InChI=1S/C22H27N3O3/c1-3-24-12-14-25(15-13-24)20-10-8-19(9-11-20)23-21(26)16-28-22(27)18-6-4-17(2)5-7-18/h4-11H,3,12-16H2,1-2H3,(H,23,26). The average Bonchev–Trinajstić information content (AvgIpc) is 2.73. The van der Waals surface area contributed by atoms with Crippen LogP contribution in [0.1, 0.15) is 22.8 Å². The van der Waals surface area contributed by atoms with Gasteiger partial charge in [0.25, 0.3) is 5.91 Å². The van der Waals surface area contributed by atoms with E-state index in [2.05, 4.69) is 22.0 Å². The van der Waals surface area contributed by atoms with E-state index in [4.69, 9.17) is 4.74 Å². The highest BCUT2D eigenvalue weighted by Crippen LogP contribution is 2.19. The average molecular weight is 381 g/mol. The molecule has 0 radical (unpaired) electrons. The first kappa shape index (κ1) is 19.9. The van der Waals surface area contributed by atoms with Crippen molar-refractivity contribution in [2.45, 2.75) is 13.8 Å². The molecule has 28 heavy (non-hydrogen) atoms. The van der Waals surface area contributed by atoms with Crippen LogP contribution in [0.2, 0.25) is 0 Å². The van der Waals surface area contributed by atoms with E-state index in [1.54, 1.807) is 12.1 Å². The van der Waals surface area contributed by atoms with Gasteiger partial charge in [-0.1, -0.05) is 24.6 Å². The Morgan fingerprint density at radius 1 is 0.964 bits per heavy atom. The molecule has 0 aromatic heterocycles. The Morgan fingerprint density at radius 2 is 1.61 bits per heavy atom. The first-order chi connectivity index (χ1) is 13.5. The fourth-order valence-corrected chi connectivity index (χ4v) is 3.18.